The van der Waals surface area contributed by atoms with E-state index < -0.39 is 0 Å². The van der Waals surface area contributed by atoms with Crippen molar-refractivity contribution in [3.05, 3.63) is 29.3 Å². The van der Waals surface area contributed by atoms with Crippen molar-refractivity contribution in [3.8, 4) is 5.75 Å². The molecule has 0 unspecified atom stereocenters. The number of ether oxygens (including phenoxy) is 2. The van der Waals surface area contributed by atoms with Gasteiger partial charge in [-0.1, -0.05) is 19.1 Å². The average molecular weight is 251 g/mol. The number of carbonyl (C=O) groups is 1. The van der Waals surface area contributed by atoms with Crippen LogP contribution in [0.25, 0.3) is 0 Å². The molecule has 18 heavy (non-hydrogen) atoms. The summed E-state index contributed by atoms with van der Waals surface area (Å²) in [5.41, 5.74) is 2.23. The van der Waals surface area contributed by atoms with Crippen molar-refractivity contribution in [2.75, 3.05) is 20.8 Å². The van der Waals surface area contributed by atoms with E-state index in [-0.39, 0.29) is 5.97 Å². The molecule has 0 aromatic heterocycles. The van der Waals surface area contributed by atoms with Crippen LogP contribution in [0.2, 0.25) is 0 Å². The van der Waals surface area contributed by atoms with Crippen LogP contribution in [0, 0.1) is 0 Å². The maximum absolute atomic E-state index is 11.2. The summed E-state index contributed by atoms with van der Waals surface area (Å²) in [4.78, 5) is 11.2. The number of rotatable bonds is 7. The quantitative estimate of drug-likeness (QED) is 0.752. The number of nitrogens with one attached hydrogen (secondary N) is 1. The van der Waals surface area contributed by atoms with Gasteiger partial charge in [0.25, 0.3) is 0 Å². The predicted molar refractivity (Wildman–Crippen MR) is 70.7 cm³/mol. The Labute approximate surface area is 108 Å². The van der Waals surface area contributed by atoms with Crippen molar-refractivity contribution in [1.29, 1.82) is 0 Å². The standard InChI is InChI=1S/C14H21NO3/c1-4-15-10-11-5-7-13(17-2)12(9-11)6-8-14(16)18-3/h5,7,9,15H,4,6,8,10H2,1-3H3. The van der Waals surface area contributed by atoms with Gasteiger partial charge in [0, 0.05) is 13.0 Å². The summed E-state index contributed by atoms with van der Waals surface area (Å²) < 4.78 is 9.95. The molecule has 100 valence electrons. The summed E-state index contributed by atoms with van der Waals surface area (Å²) in [6.07, 6.45) is 1.01. The molecular formula is C14H21NO3. The normalized spacial score (nSPS) is 10.2. The summed E-state index contributed by atoms with van der Waals surface area (Å²) in [7, 11) is 3.04. The second kappa shape index (κ2) is 7.71. The first-order valence-electron chi connectivity index (χ1n) is 6.14. The van der Waals surface area contributed by atoms with Crippen LogP contribution in [-0.4, -0.2) is 26.7 Å². The van der Waals surface area contributed by atoms with Gasteiger partial charge < -0.3 is 14.8 Å². The molecule has 0 spiro atoms. The van der Waals surface area contributed by atoms with Crippen LogP contribution in [0.5, 0.6) is 5.75 Å². The van der Waals surface area contributed by atoms with Gasteiger partial charge in [-0.2, -0.15) is 0 Å². The molecule has 1 N–H and O–H groups in total. The van der Waals surface area contributed by atoms with E-state index >= 15 is 0 Å². The number of benzene rings is 1. The molecule has 0 aliphatic heterocycles. The molecule has 0 fully saturated rings. The van der Waals surface area contributed by atoms with Gasteiger partial charge in [-0.25, -0.2) is 0 Å². The van der Waals surface area contributed by atoms with Crippen LogP contribution in [0.3, 0.4) is 0 Å². The fraction of sp³-hybridized carbons (Fsp3) is 0.500. The Balaban J connectivity index is 2.74. The van der Waals surface area contributed by atoms with Crippen molar-refractivity contribution < 1.29 is 14.3 Å². The molecule has 0 aliphatic carbocycles. The first-order valence-corrected chi connectivity index (χ1v) is 6.14. The van der Waals surface area contributed by atoms with Crippen molar-refractivity contribution >= 4 is 5.97 Å². The van der Waals surface area contributed by atoms with E-state index in [0.29, 0.717) is 12.8 Å². The molecule has 1 rings (SSSR count). The van der Waals surface area contributed by atoms with E-state index in [1.54, 1.807) is 7.11 Å². The van der Waals surface area contributed by atoms with E-state index in [1.165, 1.54) is 12.7 Å². The van der Waals surface area contributed by atoms with E-state index in [9.17, 15) is 4.79 Å². The van der Waals surface area contributed by atoms with Gasteiger partial charge in [0.15, 0.2) is 0 Å². The third kappa shape index (κ3) is 4.37. The van der Waals surface area contributed by atoms with Gasteiger partial charge in [0.05, 0.1) is 14.2 Å². The highest BCUT2D eigenvalue weighted by Crippen LogP contribution is 2.21. The molecule has 0 atom stereocenters. The fourth-order valence-electron chi connectivity index (χ4n) is 1.75. The smallest absolute Gasteiger partial charge is 0.305 e. The number of hydrogen-bond donors (Lipinski definition) is 1. The van der Waals surface area contributed by atoms with Gasteiger partial charge in [-0.05, 0) is 30.2 Å². The van der Waals surface area contributed by atoms with Gasteiger partial charge >= 0.3 is 5.97 Å². The zero-order chi connectivity index (χ0) is 13.4. The molecule has 1 aromatic carbocycles. The largest absolute Gasteiger partial charge is 0.496 e. The predicted octanol–water partition coefficient (Wildman–Crippen LogP) is 1.91. The minimum Gasteiger partial charge on any atom is -0.496 e. The van der Waals surface area contributed by atoms with Crippen molar-refractivity contribution in [2.24, 2.45) is 0 Å². The molecule has 0 radical (unpaired) electrons. The zero-order valence-corrected chi connectivity index (χ0v) is 11.3. The highest BCUT2D eigenvalue weighted by molar-refractivity contribution is 5.69. The van der Waals surface area contributed by atoms with Gasteiger partial charge in [0.2, 0.25) is 0 Å². The summed E-state index contributed by atoms with van der Waals surface area (Å²) in [5, 5.41) is 3.27. The topological polar surface area (TPSA) is 47.6 Å². The van der Waals surface area contributed by atoms with Gasteiger partial charge in [-0.3, -0.25) is 4.79 Å². The third-order valence-electron chi connectivity index (χ3n) is 2.75. The highest BCUT2D eigenvalue weighted by Gasteiger charge is 2.07. The molecule has 4 heteroatoms. The van der Waals surface area contributed by atoms with E-state index in [4.69, 9.17) is 4.74 Å². The average Bonchev–Trinajstić information content (AvgIpc) is 2.42. The summed E-state index contributed by atoms with van der Waals surface area (Å²) in [5.74, 6) is 0.619. The number of aryl methyl sites for hydroxylation is 1. The van der Waals surface area contributed by atoms with Crippen molar-refractivity contribution in [2.45, 2.75) is 26.3 Å². The summed E-state index contributed by atoms with van der Waals surface area (Å²) >= 11 is 0. The molecule has 4 nitrogen and oxygen atoms in total. The maximum atomic E-state index is 11.2. The Hall–Kier alpha value is -1.55. The van der Waals surface area contributed by atoms with Crippen LogP contribution in [0.4, 0.5) is 0 Å². The monoisotopic (exact) mass is 251 g/mol. The first kappa shape index (κ1) is 14.5. The van der Waals surface area contributed by atoms with Crippen LogP contribution < -0.4 is 10.1 Å². The van der Waals surface area contributed by atoms with E-state index in [0.717, 1.165) is 24.4 Å². The molecule has 0 amide bonds. The lowest BCUT2D eigenvalue weighted by atomic mass is 10.0. The number of esters is 1. The Morgan fingerprint density at radius 3 is 2.72 bits per heavy atom. The third-order valence-corrected chi connectivity index (χ3v) is 2.75. The molecule has 0 bridgehead atoms. The molecule has 0 aliphatic rings. The minimum atomic E-state index is -0.200. The minimum absolute atomic E-state index is 0.200. The molecule has 0 heterocycles. The van der Waals surface area contributed by atoms with Crippen LogP contribution in [0.1, 0.15) is 24.5 Å². The molecule has 0 saturated carbocycles. The second-order valence-corrected chi connectivity index (χ2v) is 4.00. The fourth-order valence-corrected chi connectivity index (χ4v) is 1.75. The lowest BCUT2D eigenvalue weighted by Crippen LogP contribution is -2.12. The Kier molecular flexibility index (Phi) is 6.22. The highest BCUT2D eigenvalue weighted by atomic mass is 16.5. The number of methoxy groups -OCH3 is 2. The lowest BCUT2D eigenvalue weighted by molar-refractivity contribution is -0.140. The Morgan fingerprint density at radius 1 is 1.33 bits per heavy atom. The van der Waals surface area contributed by atoms with Crippen LogP contribution in [0.15, 0.2) is 18.2 Å². The summed E-state index contributed by atoms with van der Waals surface area (Å²) in [6, 6.07) is 6.05. The number of hydrogen-bond acceptors (Lipinski definition) is 4. The maximum Gasteiger partial charge on any atom is 0.305 e. The SMILES string of the molecule is CCNCc1ccc(OC)c(CCC(=O)OC)c1. The van der Waals surface area contributed by atoms with Crippen LogP contribution >= 0.6 is 0 Å². The Bertz CT molecular complexity index is 391. The van der Waals surface area contributed by atoms with Gasteiger partial charge in [0.1, 0.15) is 5.75 Å². The van der Waals surface area contributed by atoms with Crippen molar-refractivity contribution in [1.82, 2.24) is 5.32 Å². The Morgan fingerprint density at radius 2 is 2.11 bits per heavy atom. The zero-order valence-electron chi connectivity index (χ0n) is 11.3. The number of carbonyl (C=O) groups excluding carboxylic acids is 1. The molecule has 1 aromatic rings. The second-order valence-electron chi connectivity index (χ2n) is 4.00. The molecular weight excluding hydrogens is 230 g/mol. The molecule has 0 saturated heterocycles. The lowest BCUT2D eigenvalue weighted by Gasteiger charge is -2.10. The first-order chi connectivity index (χ1) is 8.71. The van der Waals surface area contributed by atoms with Gasteiger partial charge in [-0.15, -0.1) is 0 Å². The van der Waals surface area contributed by atoms with E-state index in [2.05, 4.69) is 23.0 Å². The summed E-state index contributed by atoms with van der Waals surface area (Å²) in [6.45, 7) is 3.83. The van der Waals surface area contributed by atoms with Crippen LogP contribution in [-0.2, 0) is 22.5 Å². The van der Waals surface area contributed by atoms with E-state index in [1.807, 2.05) is 12.1 Å². The van der Waals surface area contributed by atoms with Crippen molar-refractivity contribution in [3.63, 3.8) is 0 Å².